The third-order valence-corrected chi connectivity index (χ3v) is 6.51. The molecule has 0 radical (unpaired) electrons. The summed E-state index contributed by atoms with van der Waals surface area (Å²) >= 11 is 13.7. The van der Waals surface area contributed by atoms with Crippen LogP contribution in [-0.4, -0.2) is 34.0 Å². The van der Waals surface area contributed by atoms with E-state index in [-0.39, 0.29) is 29.7 Å². The van der Waals surface area contributed by atoms with E-state index in [1.54, 1.807) is 35.7 Å². The number of thioether (sulfide) groups is 1. The largest absolute Gasteiger partial charge is 0.350 e. The summed E-state index contributed by atoms with van der Waals surface area (Å²) in [5.41, 5.74) is 4.04. The van der Waals surface area contributed by atoms with E-state index in [9.17, 15) is 9.59 Å². The van der Waals surface area contributed by atoms with Crippen molar-refractivity contribution in [1.82, 2.24) is 10.2 Å². The third kappa shape index (κ3) is 8.34. The highest BCUT2D eigenvalue weighted by molar-refractivity contribution is 7.99. The minimum Gasteiger partial charge on any atom is -0.350 e. The van der Waals surface area contributed by atoms with E-state index in [1.807, 2.05) is 26.8 Å². The molecule has 0 heterocycles. The van der Waals surface area contributed by atoms with Gasteiger partial charge in [-0.1, -0.05) is 58.6 Å². The van der Waals surface area contributed by atoms with Crippen LogP contribution in [0.5, 0.6) is 0 Å². The number of hydrogen-bond acceptors (Lipinski definition) is 3. The lowest BCUT2D eigenvalue weighted by Gasteiger charge is -2.31. The number of rotatable bonds is 8. The first-order chi connectivity index (χ1) is 14.9. The number of carbonyl (C=O) groups is 2. The van der Waals surface area contributed by atoms with Crippen molar-refractivity contribution in [3.63, 3.8) is 0 Å². The zero-order valence-electron chi connectivity index (χ0n) is 19.6. The Hall–Kier alpha value is -1.69. The summed E-state index contributed by atoms with van der Waals surface area (Å²) in [7, 11) is 0. The fraction of sp³-hybridized carbons (Fsp3) is 0.440. The fourth-order valence-electron chi connectivity index (χ4n) is 3.38. The molecule has 0 unspecified atom stereocenters. The Balaban J connectivity index is 2.14. The van der Waals surface area contributed by atoms with Crippen LogP contribution in [0.15, 0.2) is 36.4 Å². The molecule has 2 rings (SSSR count). The van der Waals surface area contributed by atoms with Gasteiger partial charge in [0.1, 0.15) is 6.04 Å². The molecule has 0 aromatic heterocycles. The average Bonchev–Trinajstić information content (AvgIpc) is 2.66. The van der Waals surface area contributed by atoms with Gasteiger partial charge in [-0.15, -0.1) is 11.8 Å². The maximum atomic E-state index is 13.2. The maximum Gasteiger partial charge on any atom is 0.242 e. The molecule has 174 valence electrons. The van der Waals surface area contributed by atoms with E-state index >= 15 is 0 Å². The van der Waals surface area contributed by atoms with Crippen LogP contribution in [0.2, 0.25) is 10.0 Å². The normalized spacial score (nSPS) is 12.4. The molecule has 2 amide bonds. The number of benzene rings is 2. The first-order valence-corrected chi connectivity index (χ1v) is 12.5. The molecule has 0 saturated carbocycles. The molecule has 1 N–H and O–H groups in total. The lowest BCUT2D eigenvalue weighted by Crippen LogP contribution is -2.52. The number of nitrogens with zero attached hydrogens (tertiary/aromatic N) is 1. The SMILES string of the molecule is Cc1cc(C)cc(CSCC(=O)N(Cc2ccc(Cl)c(Cl)c2)[C@@H](C)C(=O)NC(C)(C)C)c1. The van der Waals surface area contributed by atoms with Gasteiger partial charge in [-0.2, -0.15) is 0 Å². The zero-order chi connectivity index (χ0) is 24.1. The standard InChI is InChI=1S/C25H32Cl2N2O2S/c1-16-9-17(2)11-20(10-16)14-32-15-23(30)29(18(3)24(31)28-25(4,5)6)13-19-7-8-21(26)22(27)12-19/h7-12,18H,13-15H2,1-6H3,(H,28,31)/t18-/m0/s1. The van der Waals surface area contributed by atoms with Crippen molar-refractivity contribution in [1.29, 1.82) is 0 Å². The van der Waals surface area contributed by atoms with E-state index in [4.69, 9.17) is 23.2 Å². The second-order valence-electron chi connectivity index (χ2n) is 9.17. The molecule has 0 fully saturated rings. The summed E-state index contributed by atoms with van der Waals surface area (Å²) in [5, 5.41) is 3.85. The van der Waals surface area contributed by atoms with E-state index in [1.165, 1.54) is 16.7 Å². The monoisotopic (exact) mass is 494 g/mol. The summed E-state index contributed by atoms with van der Waals surface area (Å²) in [6.45, 7) is 11.9. The molecule has 2 aromatic carbocycles. The number of halogens is 2. The Labute approximate surface area is 206 Å². The van der Waals surface area contributed by atoms with Gasteiger partial charge in [0.05, 0.1) is 15.8 Å². The van der Waals surface area contributed by atoms with Crippen LogP contribution in [0, 0.1) is 13.8 Å². The number of aryl methyl sites for hydroxylation is 2. The van der Waals surface area contributed by atoms with Crippen molar-refractivity contribution in [3.05, 3.63) is 68.7 Å². The van der Waals surface area contributed by atoms with Crippen LogP contribution in [0.25, 0.3) is 0 Å². The number of hydrogen-bond donors (Lipinski definition) is 1. The molecule has 2 aromatic rings. The van der Waals surface area contributed by atoms with Gasteiger partial charge in [-0.25, -0.2) is 0 Å². The van der Waals surface area contributed by atoms with Crippen molar-refractivity contribution in [3.8, 4) is 0 Å². The lowest BCUT2D eigenvalue weighted by molar-refractivity contribution is -0.139. The highest BCUT2D eigenvalue weighted by atomic mass is 35.5. The Bertz CT molecular complexity index is 953. The predicted octanol–water partition coefficient (Wildman–Crippen LogP) is 6.18. The van der Waals surface area contributed by atoms with Crippen LogP contribution in [-0.2, 0) is 21.9 Å². The average molecular weight is 496 g/mol. The Morgan fingerprint density at radius 2 is 1.62 bits per heavy atom. The quantitative estimate of drug-likeness (QED) is 0.476. The van der Waals surface area contributed by atoms with E-state index in [0.717, 1.165) is 11.3 Å². The topological polar surface area (TPSA) is 49.4 Å². The molecule has 0 aliphatic carbocycles. The summed E-state index contributed by atoms with van der Waals surface area (Å²) in [6.07, 6.45) is 0. The fourth-order valence-corrected chi connectivity index (χ4v) is 4.55. The summed E-state index contributed by atoms with van der Waals surface area (Å²) < 4.78 is 0. The van der Waals surface area contributed by atoms with Gasteiger partial charge >= 0.3 is 0 Å². The second kappa shape index (κ2) is 11.4. The van der Waals surface area contributed by atoms with E-state index in [2.05, 4.69) is 37.4 Å². The maximum absolute atomic E-state index is 13.2. The minimum absolute atomic E-state index is 0.0954. The van der Waals surface area contributed by atoms with Crippen molar-refractivity contribution >= 4 is 46.8 Å². The van der Waals surface area contributed by atoms with Crippen LogP contribution in [0.3, 0.4) is 0 Å². The molecule has 32 heavy (non-hydrogen) atoms. The van der Waals surface area contributed by atoms with Crippen LogP contribution in [0.4, 0.5) is 0 Å². The van der Waals surface area contributed by atoms with Crippen molar-refractivity contribution in [2.24, 2.45) is 0 Å². The van der Waals surface area contributed by atoms with E-state index < -0.39 is 6.04 Å². The smallest absolute Gasteiger partial charge is 0.242 e. The molecular weight excluding hydrogens is 463 g/mol. The van der Waals surface area contributed by atoms with Crippen LogP contribution in [0.1, 0.15) is 49.9 Å². The summed E-state index contributed by atoms with van der Waals surface area (Å²) in [4.78, 5) is 27.6. The Kier molecular flexibility index (Phi) is 9.50. The minimum atomic E-state index is -0.627. The molecule has 1 atom stereocenters. The Morgan fingerprint density at radius 1 is 1.00 bits per heavy atom. The van der Waals surface area contributed by atoms with Gasteiger partial charge < -0.3 is 10.2 Å². The molecule has 0 aliphatic rings. The molecule has 7 heteroatoms. The van der Waals surface area contributed by atoms with Crippen LogP contribution < -0.4 is 5.32 Å². The molecule has 0 bridgehead atoms. The Morgan fingerprint density at radius 3 is 2.19 bits per heavy atom. The van der Waals surface area contributed by atoms with Crippen molar-refractivity contribution in [2.75, 3.05) is 5.75 Å². The number of amides is 2. The van der Waals surface area contributed by atoms with Gasteiger partial charge in [0.2, 0.25) is 11.8 Å². The predicted molar refractivity (Wildman–Crippen MR) is 136 cm³/mol. The first kappa shape index (κ1) is 26.6. The molecule has 4 nitrogen and oxygen atoms in total. The summed E-state index contributed by atoms with van der Waals surface area (Å²) in [5.74, 6) is 0.728. The highest BCUT2D eigenvalue weighted by Gasteiger charge is 2.28. The lowest BCUT2D eigenvalue weighted by atomic mass is 10.1. The number of nitrogens with one attached hydrogen (secondary N) is 1. The van der Waals surface area contributed by atoms with Crippen molar-refractivity contribution in [2.45, 2.75) is 65.4 Å². The first-order valence-electron chi connectivity index (χ1n) is 10.6. The molecule has 0 saturated heterocycles. The van der Waals surface area contributed by atoms with Crippen molar-refractivity contribution < 1.29 is 9.59 Å². The number of carbonyl (C=O) groups excluding carboxylic acids is 2. The third-order valence-electron chi connectivity index (χ3n) is 4.78. The molecule has 0 aliphatic heterocycles. The molecular formula is C25H32Cl2N2O2S. The van der Waals surface area contributed by atoms with Crippen LogP contribution >= 0.6 is 35.0 Å². The van der Waals surface area contributed by atoms with Gasteiger partial charge in [-0.05, 0) is 64.8 Å². The van der Waals surface area contributed by atoms with E-state index in [0.29, 0.717) is 10.0 Å². The highest BCUT2D eigenvalue weighted by Crippen LogP contribution is 2.24. The summed E-state index contributed by atoms with van der Waals surface area (Å²) in [6, 6.07) is 11.0. The van der Waals surface area contributed by atoms with Gasteiger partial charge in [0, 0.05) is 17.8 Å². The second-order valence-corrected chi connectivity index (χ2v) is 11.0. The van der Waals surface area contributed by atoms with Gasteiger partial charge in [-0.3, -0.25) is 9.59 Å². The molecule has 0 spiro atoms. The van der Waals surface area contributed by atoms with Gasteiger partial charge in [0.25, 0.3) is 0 Å². The zero-order valence-corrected chi connectivity index (χ0v) is 21.9. The van der Waals surface area contributed by atoms with Gasteiger partial charge in [0.15, 0.2) is 0 Å².